The zero-order valence-corrected chi connectivity index (χ0v) is 37.3. The number of aryl methyl sites for hydroxylation is 1. The van der Waals surface area contributed by atoms with Gasteiger partial charge >= 0.3 is 5.97 Å². The average molecular weight is 922 g/mol. The molecule has 10 rings (SSSR count). The molecule has 3 aromatic heterocycles. The van der Waals surface area contributed by atoms with Crippen molar-refractivity contribution in [3.05, 3.63) is 130 Å². The highest BCUT2D eigenvalue weighted by Crippen LogP contribution is 2.49. The van der Waals surface area contributed by atoms with Crippen molar-refractivity contribution >= 4 is 50.7 Å². The summed E-state index contributed by atoms with van der Waals surface area (Å²) in [5.41, 5.74) is 4.81. The molecule has 1 N–H and O–H groups in total. The summed E-state index contributed by atoms with van der Waals surface area (Å²) >= 11 is 15.6. The number of carboxylic acid groups (broad SMARTS) is 1. The number of nitrogens with zero attached hydrogens (tertiary/aromatic N) is 6. The van der Waals surface area contributed by atoms with Gasteiger partial charge < -0.3 is 29.0 Å². The maximum atomic E-state index is 14.2. The van der Waals surface area contributed by atoms with Gasteiger partial charge in [0.2, 0.25) is 12.0 Å². The number of methoxy groups -OCH3 is 1. The van der Waals surface area contributed by atoms with Gasteiger partial charge in [-0.25, -0.2) is 29.1 Å². The minimum atomic E-state index is -1.41. The molecule has 6 heterocycles. The third-order valence-corrected chi connectivity index (χ3v) is 13.1. The van der Waals surface area contributed by atoms with E-state index in [-0.39, 0.29) is 25.0 Å². The van der Waals surface area contributed by atoms with E-state index >= 15 is 0 Å². The number of halogens is 3. The van der Waals surface area contributed by atoms with Crippen molar-refractivity contribution in [2.45, 2.75) is 38.1 Å². The Labute approximate surface area is 383 Å². The molecule has 1 saturated heterocycles. The number of benzene rings is 4. The minimum absolute atomic E-state index is 0.0459. The van der Waals surface area contributed by atoms with Gasteiger partial charge in [0, 0.05) is 55.8 Å². The van der Waals surface area contributed by atoms with E-state index < -0.39 is 17.9 Å². The van der Waals surface area contributed by atoms with Gasteiger partial charge in [0.1, 0.15) is 41.2 Å². The monoisotopic (exact) mass is 920 g/mol. The molecule has 0 radical (unpaired) electrons. The first-order valence-electron chi connectivity index (χ1n) is 20.8. The van der Waals surface area contributed by atoms with Gasteiger partial charge in [-0.15, -0.1) is 11.3 Å². The molecule has 1 fully saturated rings. The SMILES string of the molecule is COc1ccccc1-c1nccc(COc2ccc3cc2C[C@@H](C(=O)O)Oc2ncnc4sc(-c5ccc(F)cc5)c(c24)-c2cc(Cl)c(c(Cl)c2)O[C@@H](CN2CCN(C)CC2)CC3)n1. The Bertz CT molecular complexity index is 2800. The molecular weight excluding hydrogens is 879 g/mol. The van der Waals surface area contributed by atoms with Crippen LogP contribution in [0.1, 0.15) is 23.2 Å². The predicted octanol–water partition coefficient (Wildman–Crippen LogP) is 9.53. The van der Waals surface area contributed by atoms with Crippen molar-refractivity contribution in [2.24, 2.45) is 0 Å². The number of fused-ring (bicyclic) bond motifs is 7. The van der Waals surface area contributed by atoms with E-state index in [4.69, 9.17) is 47.1 Å². The Morgan fingerprint density at radius 3 is 2.47 bits per heavy atom. The van der Waals surface area contributed by atoms with Gasteiger partial charge in [-0.2, -0.15) is 0 Å². The molecule has 0 aliphatic carbocycles. The quantitative estimate of drug-likeness (QED) is 0.148. The van der Waals surface area contributed by atoms with Crippen LogP contribution in [0.15, 0.2) is 97.5 Å². The second-order valence-corrected chi connectivity index (χ2v) is 17.6. The van der Waals surface area contributed by atoms with E-state index in [0.717, 1.165) is 37.3 Å². The van der Waals surface area contributed by atoms with E-state index in [0.29, 0.717) is 95.5 Å². The molecule has 0 saturated carbocycles. The van der Waals surface area contributed by atoms with Crippen molar-refractivity contribution in [1.29, 1.82) is 0 Å². The lowest BCUT2D eigenvalue weighted by molar-refractivity contribution is -0.145. The fourth-order valence-electron chi connectivity index (χ4n) is 8.08. The van der Waals surface area contributed by atoms with Crippen molar-refractivity contribution in [3.8, 4) is 56.1 Å². The van der Waals surface area contributed by atoms with E-state index in [9.17, 15) is 14.3 Å². The van der Waals surface area contributed by atoms with Gasteiger partial charge in [0.15, 0.2) is 11.6 Å². The van der Waals surface area contributed by atoms with Crippen molar-refractivity contribution in [2.75, 3.05) is 46.9 Å². The van der Waals surface area contributed by atoms with Crippen LogP contribution in [0, 0.1) is 5.82 Å². The van der Waals surface area contributed by atoms with Crippen molar-refractivity contribution in [3.63, 3.8) is 0 Å². The topological polar surface area (TPSA) is 132 Å². The Morgan fingerprint density at radius 1 is 0.922 bits per heavy atom. The molecule has 12 nitrogen and oxygen atoms in total. The molecule has 4 aromatic carbocycles. The number of piperazine rings is 1. The number of hydrogen-bond donors (Lipinski definition) is 1. The predicted molar refractivity (Wildman–Crippen MR) is 245 cm³/mol. The van der Waals surface area contributed by atoms with Gasteiger partial charge in [-0.3, -0.25) is 4.90 Å². The van der Waals surface area contributed by atoms with Gasteiger partial charge in [-0.1, -0.05) is 59.6 Å². The normalized spacial score (nSPS) is 17.1. The van der Waals surface area contributed by atoms with Crippen LogP contribution < -0.4 is 18.9 Å². The van der Waals surface area contributed by atoms with Crippen LogP contribution in [0.25, 0.3) is 43.2 Å². The molecule has 2 atom stereocenters. The number of carboxylic acids is 1. The number of likely N-dealkylation sites (N-methyl/N-ethyl adjacent to an activating group) is 1. The van der Waals surface area contributed by atoms with Crippen LogP contribution in [0.5, 0.6) is 23.1 Å². The molecule has 328 valence electrons. The van der Waals surface area contributed by atoms with E-state index in [1.807, 2.05) is 42.5 Å². The van der Waals surface area contributed by atoms with Crippen LogP contribution in [-0.4, -0.2) is 99.9 Å². The van der Waals surface area contributed by atoms with Crippen molar-refractivity contribution < 1.29 is 33.2 Å². The summed E-state index contributed by atoms with van der Waals surface area (Å²) < 4.78 is 39.5. The molecular formula is C48H43Cl2FN6O6S. The molecule has 0 amide bonds. The lowest BCUT2D eigenvalue weighted by atomic mass is 9.99. The van der Waals surface area contributed by atoms with Gasteiger partial charge in [-0.05, 0) is 90.7 Å². The highest BCUT2D eigenvalue weighted by Gasteiger charge is 2.30. The first-order valence-corrected chi connectivity index (χ1v) is 22.4. The Hall–Kier alpha value is -5.90. The number of carbonyl (C=O) groups is 1. The number of ether oxygens (including phenoxy) is 4. The third kappa shape index (κ3) is 9.47. The molecule has 64 heavy (non-hydrogen) atoms. The fraction of sp³-hybridized carbons (Fsp3) is 0.271. The maximum Gasteiger partial charge on any atom is 0.345 e. The number of thiophene rings is 1. The van der Waals surface area contributed by atoms with E-state index in [1.54, 1.807) is 43.6 Å². The summed E-state index contributed by atoms with van der Waals surface area (Å²) in [5.74, 6) is 0.405. The minimum Gasteiger partial charge on any atom is -0.496 e. The standard InChI is InChI=1S/C48H43Cl2FN6O6S/c1-56-17-19-57(20-18-56)25-34-13-7-28-8-14-38(61-26-33-15-16-52-45(55-33)35-5-3-4-6-39(35)60-2)30(21-28)24-40(48(58)59)63-46-42-41(31-22-36(49)43(62-34)37(50)23-31)44(64-47(42)54-27-53-46)29-9-11-32(51)12-10-29/h3-6,8-12,14-16,21-23,27,34,40H,7,13,17-20,24-26H2,1-2H3,(H,58,59)/t34-,40+/m1/s1. The first kappa shape index (κ1) is 43.4. The molecule has 3 aliphatic rings. The number of para-hydroxylation sites is 1. The molecule has 0 spiro atoms. The summed E-state index contributed by atoms with van der Waals surface area (Å²) in [6, 6.07) is 24.7. The molecule has 7 aromatic rings. The highest BCUT2D eigenvalue weighted by atomic mass is 35.5. The van der Waals surface area contributed by atoms with Crippen LogP contribution in [-0.2, 0) is 24.2 Å². The summed E-state index contributed by atoms with van der Waals surface area (Å²) in [4.78, 5) is 37.5. The Kier molecular flexibility index (Phi) is 12.9. The molecule has 3 aliphatic heterocycles. The average Bonchev–Trinajstić information content (AvgIpc) is 3.70. The van der Waals surface area contributed by atoms with E-state index in [2.05, 4.69) is 31.8 Å². The second-order valence-electron chi connectivity index (χ2n) is 15.8. The summed E-state index contributed by atoms with van der Waals surface area (Å²) in [6.45, 7) is 4.37. The molecule has 16 heteroatoms. The number of hydrogen-bond acceptors (Lipinski definition) is 12. The highest BCUT2D eigenvalue weighted by molar-refractivity contribution is 7.22. The van der Waals surface area contributed by atoms with E-state index in [1.165, 1.54) is 29.8 Å². The van der Waals surface area contributed by atoms with Gasteiger partial charge in [0.25, 0.3) is 0 Å². The van der Waals surface area contributed by atoms with Gasteiger partial charge in [0.05, 0.1) is 33.8 Å². The molecule has 0 unspecified atom stereocenters. The maximum absolute atomic E-state index is 14.2. The lowest BCUT2D eigenvalue weighted by Crippen LogP contribution is -2.48. The smallest absolute Gasteiger partial charge is 0.345 e. The summed E-state index contributed by atoms with van der Waals surface area (Å²) in [6.07, 6.45) is 2.41. The zero-order valence-electron chi connectivity index (χ0n) is 35.0. The number of aliphatic carboxylic acids is 1. The Morgan fingerprint density at radius 2 is 1.70 bits per heavy atom. The fourth-order valence-corrected chi connectivity index (χ4v) is 9.82. The number of rotatable bonds is 9. The van der Waals surface area contributed by atoms with Crippen LogP contribution in [0.2, 0.25) is 10.0 Å². The largest absolute Gasteiger partial charge is 0.496 e. The van der Waals surface area contributed by atoms with Crippen LogP contribution in [0.4, 0.5) is 4.39 Å². The molecule has 4 bridgehead atoms. The van der Waals surface area contributed by atoms with Crippen LogP contribution >= 0.6 is 34.5 Å². The number of aromatic nitrogens is 4. The summed E-state index contributed by atoms with van der Waals surface area (Å²) in [5, 5.41) is 11.9. The lowest BCUT2D eigenvalue weighted by Gasteiger charge is -2.35. The summed E-state index contributed by atoms with van der Waals surface area (Å²) in [7, 11) is 3.72. The zero-order chi connectivity index (χ0) is 44.3. The Balaban J connectivity index is 1.13. The van der Waals surface area contributed by atoms with Crippen LogP contribution in [0.3, 0.4) is 0 Å². The van der Waals surface area contributed by atoms with Crippen molar-refractivity contribution in [1.82, 2.24) is 29.7 Å². The first-order chi connectivity index (χ1) is 31.1. The third-order valence-electron chi connectivity index (χ3n) is 11.4. The second kappa shape index (κ2) is 19.1.